The third-order valence-electron chi connectivity index (χ3n) is 10.4. The predicted molar refractivity (Wildman–Crippen MR) is 176 cm³/mol. The lowest BCUT2D eigenvalue weighted by atomic mass is 9.70. The highest BCUT2D eigenvalue weighted by Gasteiger charge is 2.40. The molecule has 0 heterocycles. The highest BCUT2D eigenvalue weighted by Crippen LogP contribution is 2.42. The summed E-state index contributed by atoms with van der Waals surface area (Å²) < 4.78 is 12.9. The second-order valence-electron chi connectivity index (χ2n) is 15.2. The molecular formula is C36H73NO3. The van der Waals surface area contributed by atoms with Crippen molar-refractivity contribution >= 4 is 0 Å². The average molecular weight is 568 g/mol. The Kier molecular flexibility index (Phi) is 18.8. The number of aliphatic hydroxyl groups is 1. The van der Waals surface area contributed by atoms with Crippen molar-refractivity contribution in [2.24, 2.45) is 34.3 Å². The Morgan fingerprint density at radius 1 is 0.725 bits per heavy atom. The van der Waals surface area contributed by atoms with Crippen molar-refractivity contribution in [3.8, 4) is 0 Å². The van der Waals surface area contributed by atoms with E-state index in [1.165, 1.54) is 37.7 Å². The normalized spacial score (nSPS) is 18.1. The van der Waals surface area contributed by atoms with Gasteiger partial charge in [-0.2, -0.15) is 0 Å². The quantitative estimate of drug-likeness (QED) is 0.0851. The van der Waals surface area contributed by atoms with Crippen molar-refractivity contribution in [1.29, 1.82) is 0 Å². The molecule has 4 heteroatoms. The van der Waals surface area contributed by atoms with Crippen LogP contribution in [0.3, 0.4) is 0 Å². The summed E-state index contributed by atoms with van der Waals surface area (Å²) in [4.78, 5) is 0. The Bertz CT molecular complexity index is 671. The first-order valence-electron chi connectivity index (χ1n) is 16.7. The van der Waals surface area contributed by atoms with Gasteiger partial charge in [-0.3, -0.25) is 0 Å². The first-order chi connectivity index (χ1) is 18.4. The van der Waals surface area contributed by atoms with Gasteiger partial charge in [0, 0.05) is 25.2 Å². The van der Waals surface area contributed by atoms with Gasteiger partial charge < -0.3 is 20.3 Å². The van der Waals surface area contributed by atoms with Crippen LogP contribution >= 0.6 is 0 Å². The minimum Gasteiger partial charge on any atom is -0.396 e. The van der Waals surface area contributed by atoms with Crippen LogP contribution in [0, 0.1) is 28.6 Å². The number of nitrogens with two attached hydrogens (primary N) is 1. The fourth-order valence-electron chi connectivity index (χ4n) is 5.63. The Hall–Kier alpha value is -0.420. The van der Waals surface area contributed by atoms with Crippen molar-refractivity contribution < 1.29 is 14.6 Å². The summed E-state index contributed by atoms with van der Waals surface area (Å²) in [5.74, 6) is 1.87. The molecule has 0 radical (unpaired) electrons. The number of hydrogen-bond donors (Lipinski definition) is 2. The number of aliphatic hydroxyl groups excluding tert-OH is 1. The smallest absolute Gasteiger partial charge is 0.119 e. The van der Waals surface area contributed by atoms with Gasteiger partial charge in [0.05, 0.1) is 5.60 Å². The number of rotatable bonds is 25. The molecule has 0 aromatic carbocycles. The van der Waals surface area contributed by atoms with E-state index in [1.807, 2.05) is 6.92 Å². The van der Waals surface area contributed by atoms with Crippen LogP contribution in [0.4, 0.5) is 0 Å². The maximum absolute atomic E-state index is 9.14. The van der Waals surface area contributed by atoms with Crippen molar-refractivity contribution in [2.45, 2.75) is 171 Å². The molecule has 0 aromatic rings. The summed E-state index contributed by atoms with van der Waals surface area (Å²) in [7, 11) is 0. The second kappa shape index (κ2) is 19.0. The van der Waals surface area contributed by atoms with E-state index in [2.05, 4.69) is 75.8 Å². The first kappa shape index (κ1) is 39.6. The molecule has 0 saturated heterocycles. The largest absolute Gasteiger partial charge is 0.396 e. The molecule has 0 spiro atoms. The molecule has 4 nitrogen and oxygen atoms in total. The first-order valence-corrected chi connectivity index (χ1v) is 16.7. The SMILES string of the molecule is C=C(C)CCCC(C)CCOC(C)(CC)C(C)(C)CCCC(C)CCOC(C)(N)C(C)(C)CCCC(C)CCO. The van der Waals surface area contributed by atoms with Crippen LogP contribution in [-0.2, 0) is 9.47 Å². The summed E-state index contributed by atoms with van der Waals surface area (Å²) >= 11 is 0. The Labute approximate surface area is 251 Å². The fourth-order valence-corrected chi connectivity index (χ4v) is 5.63. The van der Waals surface area contributed by atoms with E-state index in [0.29, 0.717) is 24.4 Å². The van der Waals surface area contributed by atoms with Gasteiger partial charge >= 0.3 is 0 Å². The fraction of sp³-hybridized carbons (Fsp3) is 0.944. The number of ether oxygens (including phenoxy) is 2. The van der Waals surface area contributed by atoms with Crippen LogP contribution in [0.25, 0.3) is 0 Å². The summed E-state index contributed by atoms with van der Waals surface area (Å²) in [6.07, 6.45) is 14.6. The molecule has 0 aliphatic rings. The molecule has 40 heavy (non-hydrogen) atoms. The van der Waals surface area contributed by atoms with E-state index in [9.17, 15) is 0 Å². The van der Waals surface area contributed by atoms with Crippen LogP contribution in [-0.4, -0.2) is 36.3 Å². The van der Waals surface area contributed by atoms with Crippen molar-refractivity contribution in [2.75, 3.05) is 19.8 Å². The minimum atomic E-state index is -0.642. The van der Waals surface area contributed by atoms with E-state index in [-0.39, 0.29) is 23.0 Å². The van der Waals surface area contributed by atoms with Gasteiger partial charge in [0.15, 0.2) is 0 Å². The second-order valence-corrected chi connectivity index (χ2v) is 15.2. The number of allylic oxidation sites excluding steroid dienone is 1. The van der Waals surface area contributed by atoms with Gasteiger partial charge in [0.2, 0.25) is 0 Å². The van der Waals surface area contributed by atoms with E-state index in [0.717, 1.165) is 58.0 Å². The van der Waals surface area contributed by atoms with E-state index in [4.69, 9.17) is 20.3 Å². The van der Waals surface area contributed by atoms with Gasteiger partial charge in [-0.05, 0) is 95.3 Å². The van der Waals surface area contributed by atoms with Crippen molar-refractivity contribution in [3.63, 3.8) is 0 Å². The molecule has 0 aliphatic heterocycles. The van der Waals surface area contributed by atoms with E-state index in [1.54, 1.807) is 0 Å². The molecule has 5 atom stereocenters. The zero-order valence-corrected chi connectivity index (χ0v) is 29.1. The zero-order chi connectivity index (χ0) is 31.0. The molecular weight excluding hydrogens is 494 g/mol. The molecule has 0 bridgehead atoms. The third kappa shape index (κ3) is 15.2. The standard InChI is InChI=1S/C36H73NO3/c1-13-35(11,39-27-22-31(5)18-14-17-29(2)3)33(7,8)24-15-20-32(6)23-28-40-36(12,37)34(9,10)25-16-19-30(4)21-26-38/h30-32,38H,2,13-28,37H2,1,3-12H3. The van der Waals surface area contributed by atoms with Crippen LogP contribution in [0.5, 0.6) is 0 Å². The Morgan fingerprint density at radius 2 is 1.18 bits per heavy atom. The maximum Gasteiger partial charge on any atom is 0.119 e. The number of hydrogen-bond acceptors (Lipinski definition) is 4. The highest BCUT2D eigenvalue weighted by molar-refractivity contribution is 4.91. The molecule has 0 amide bonds. The molecule has 240 valence electrons. The topological polar surface area (TPSA) is 64.7 Å². The van der Waals surface area contributed by atoms with Crippen LogP contribution in [0.1, 0.15) is 160 Å². The van der Waals surface area contributed by atoms with Gasteiger partial charge in [-0.1, -0.05) is 93.1 Å². The minimum absolute atomic E-state index is 0.0910. The van der Waals surface area contributed by atoms with Crippen LogP contribution < -0.4 is 5.73 Å². The average Bonchev–Trinajstić information content (AvgIpc) is 2.83. The van der Waals surface area contributed by atoms with Gasteiger partial charge in [-0.25, -0.2) is 0 Å². The monoisotopic (exact) mass is 568 g/mol. The summed E-state index contributed by atoms with van der Waals surface area (Å²) in [5.41, 5.74) is 7.29. The van der Waals surface area contributed by atoms with Crippen LogP contribution in [0.2, 0.25) is 0 Å². The molecule has 0 aliphatic carbocycles. The van der Waals surface area contributed by atoms with Gasteiger partial charge in [0.1, 0.15) is 5.72 Å². The predicted octanol–water partition coefficient (Wildman–Crippen LogP) is 10.1. The lowest BCUT2D eigenvalue weighted by Crippen LogP contribution is -2.52. The lowest BCUT2D eigenvalue weighted by Gasteiger charge is -2.44. The Morgan fingerprint density at radius 3 is 1.65 bits per heavy atom. The molecule has 0 fully saturated rings. The molecule has 5 unspecified atom stereocenters. The summed E-state index contributed by atoms with van der Waals surface area (Å²) in [6.45, 7) is 30.8. The van der Waals surface area contributed by atoms with Crippen molar-refractivity contribution in [3.05, 3.63) is 12.2 Å². The van der Waals surface area contributed by atoms with E-state index < -0.39 is 5.72 Å². The van der Waals surface area contributed by atoms with Crippen LogP contribution in [0.15, 0.2) is 12.2 Å². The van der Waals surface area contributed by atoms with Gasteiger partial charge in [0.25, 0.3) is 0 Å². The zero-order valence-electron chi connectivity index (χ0n) is 29.1. The highest BCUT2D eigenvalue weighted by atomic mass is 16.5. The molecule has 0 saturated carbocycles. The van der Waals surface area contributed by atoms with Crippen molar-refractivity contribution in [1.82, 2.24) is 0 Å². The molecule has 0 rings (SSSR count). The summed E-state index contributed by atoms with van der Waals surface area (Å²) in [5, 5.41) is 9.14. The third-order valence-corrected chi connectivity index (χ3v) is 10.4. The lowest BCUT2D eigenvalue weighted by molar-refractivity contribution is -0.120. The molecule has 0 aromatic heterocycles. The maximum atomic E-state index is 9.14. The summed E-state index contributed by atoms with van der Waals surface area (Å²) in [6, 6.07) is 0. The van der Waals surface area contributed by atoms with E-state index >= 15 is 0 Å². The van der Waals surface area contributed by atoms with Gasteiger partial charge in [-0.15, -0.1) is 6.58 Å². The molecule has 3 N–H and O–H groups in total. The Balaban J connectivity index is 4.51.